The first-order chi connectivity index (χ1) is 17.5. The van der Waals surface area contributed by atoms with Gasteiger partial charge in [-0.05, 0) is 68.3 Å². The van der Waals surface area contributed by atoms with Crippen LogP contribution in [-0.4, -0.2) is 16.1 Å². The highest BCUT2D eigenvalue weighted by atomic mass is 16.6. The summed E-state index contributed by atoms with van der Waals surface area (Å²) in [5, 5.41) is 6.39. The zero-order chi connectivity index (χ0) is 25.2. The molecule has 5 aromatic rings. The molecule has 5 rings (SSSR count). The van der Waals surface area contributed by atoms with Crippen molar-refractivity contribution >= 4 is 33.3 Å². The summed E-state index contributed by atoms with van der Waals surface area (Å²) in [6, 6.07) is 30.3. The van der Waals surface area contributed by atoms with Crippen LogP contribution >= 0.6 is 0 Å². The number of ketones is 1. The smallest absolute Gasteiger partial charge is 0.193 e. The number of hydrogen-bond acceptors (Lipinski definition) is 3. The number of para-hydroxylation sites is 1. The first-order valence-electron chi connectivity index (χ1n) is 12.1. The van der Waals surface area contributed by atoms with Gasteiger partial charge in [0.25, 0.3) is 0 Å². The molecule has 0 saturated carbocycles. The van der Waals surface area contributed by atoms with E-state index >= 15 is 0 Å². The molecule has 178 valence electrons. The molecule has 36 heavy (non-hydrogen) atoms. The Balaban J connectivity index is 1.75. The lowest BCUT2D eigenvalue weighted by Crippen LogP contribution is -2.03. The largest absolute Gasteiger partial charge is 0.362 e. The maximum atomic E-state index is 13.4. The molecule has 1 heterocycles. The third kappa shape index (κ3) is 4.22. The predicted molar refractivity (Wildman–Crippen MR) is 148 cm³/mol. The van der Waals surface area contributed by atoms with Crippen molar-refractivity contribution in [2.24, 2.45) is 5.16 Å². The molecule has 0 amide bonds. The van der Waals surface area contributed by atoms with Crippen molar-refractivity contribution < 1.29 is 9.63 Å². The molecule has 0 N–H and O–H groups in total. The van der Waals surface area contributed by atoms with Crippen LogP contribution in [0.3, 0.4) is 0 Å². The molecule has 0 aliphatic carbocycles. The number of benzene rings is 4. The highest BCUT2D eigenvalue weighted by molar-refractivity contribution is 6.16. The van der Waals surface area contributed by atoms with Crippen LogP contribution in [0.2, 0.25) is 0 Å². The number of fused-ring (bicyclic) bond motifs is 3. The number of oxime groups is 1. The van der Waals surface area contributed by atoms with E-state index in [0.717, 1.165) is 49.9 Å². The summed E-state index contributed by atoms with van der Waals surface area (Å²) < 4.78 is 2.24. The number of carbonyl (C=O) groups excluding carboxylic acids is 1. The van der Waals surface area contributed by atoms with Crippen LogP contribution in [-0.2, 0) is 4.84 Å². The number of aromatic nitrogens is 1. The van der Waals surface area contributed by atoms with Gasteiger partial charge in [0.1, 0.15) is 5.76 Å². The van der Waals surface area contributed by atoms with Gasteiger partial charge < -0.3 is 9.40 Å². The maximum Gasteiger partial charge on any atom is 0.193 e. The van der Waals surface area contributed by atoms with Gasteiger partial charge in [0.15, 0.2) is 5.78 Å². The quantitative estimate of drug-likeness (QED) is 0.104. The number of rotatable bonds is 7. The van der Waals surface area contributed by atoms with Crippen molar-refractivity contribution in [3.05, 3.63) is 126 Å². The lowest BCUT2D eigenvalue weighted by atomic mass is 9.97. The minimum atomic E-state index is 0.0254. The highest BCUT2D eigenvalue weighted by Crippen LogP contribution is 2.34. The summed E-state index contributed by atoms with van der Waals surface area (Å²) >= 11 is 0. The minimum Gasteiger partial charge on any atom is -0.362 e. The summed E-state index contributed by atoms with van der Waals surface area (Å²) in [5.41, 5.74) is 7.36. The Labute approximate surface area is 211 Å². The van der Waals surface area contributed by atoms with Gasteiger partial charge in [-0.3, -0.25) is 4.79 Å². The van der Waals surface area contributed by atoms with E-state index in [2.05, 4.69) is 53.6 Å². The Morgan fingerprint density at radius 1 is 0.861 bits per heavy atom. The molecule has 4 heteroatoms. The van der Waals surface area contributed by atoms with Crippen molar-refractivity contribution in [3.8, 4) is 5.69 Å². The number of aryl methyl sites for hydroxylation is 1. The van der Waals surface area contributed by atoms with E-state index in [-0.39, 0.29) is 5.78 Å². The van der Waals surface area contributed by atoms with Crippen LogP contribution in [0.15, 0.2) is 108 Å². The summed E-state index contributed by atoms with van der Waals surface area (Å²) in [6.07, 6.45) is 0.715. The molecular weight excluding hydrogens is 444 g/mol. The lowest BCUT2D eigenvalue weighted by molar-refractivity contribution is 0.103. The fraction of sp³-hybridized carbons (Fsp3) is 0.125. The Morgan fingerprint density at radius 3 is 2.11 bits per heavy atom. The monoisotopic (exact) mass is 472 g/mol. The van der Waals surface area contributed by atoms with Crippen LogP contribution in [0.4, 0.5) is 0 Å². The zero-order valence-electron chi connectivity index (χ0n) is 20.8. The van der Waals surface area contributed by atoms with Crippen molar-refractivity contribution in [1.29, 1.82) is 0 Å². The van der Waals surface area contributed by atoms with Gasteiger partial charge in [-0.1, -0.05) is 67.2 Å². The summed E-state index contributed by atoms with van der Waals surface area (Å²) in [7, 11) is 0. The van der Waals surface area contributed by atoms with Crippen LogP contribution in [0.5, 0.6) is 0 Å². The Bertz CT molecular complexity index is 1640. The van der Waals surface area contributed by atoms with Crippen LogP contribution in [0, 0.1) is 6.92 Å². The normalized spacial score (nSPS) is 11.7. The predicted octanol–water partition coefficient (Wildman–Crippen LogP) is 7.99. The molecule has 0 spiro atoms. The fourth-order valence-corrected chi connectivity index (χ4v) is 4.64. The van der Waals surface area contributed by atoms with Gasteiger partial charge in [0.2, 0.25) is 0 Å². The number of allylic oxidation sites excluding steroid dienone is 1. The second-order valence-electron chi connectivity index (χ2n) is 8.96. The van der Waals surface area contributed by atoms with E-state index in [9.17, 15) is 4.79 Å². The van der Waals surface area contributed by atoms with Gasteiger partial charge in [-0.15, -0.1) is 0 Å². The lowest BCUT2D eigenvalue weighted by Gasteiger charge is -2.09. The topological polar surface area (TPSA) is 43.6 Å². The second kappa shape index (κ2) is 9.67. The first-order valence-corrected chi connectivity index (χ1v) is 12.1. The van der Waals surface area contributed by atoms with Gasteiger partial charge >= 0.3 is 0 Å². The first kappa shape index (κ1) is 23.3. The number of nitrogens with zero attached hydrogens (tertiary/aromatic N) is 2. The molecule has 0 aliphatic rings. The standard InChI is InChI=1S/C32H28N2O2/c1-5-29(33-36-21(2)3)23-15-17-30-27(19-23)28-20-24(32(35)26-14-10-9-11-22(26)4)16-18-31(28)34(30)25-12-7-6-8-13-25/h6-20H,2,5H2,1,3-4H3/b33-29+. The fourth-order valence-electron chi connectivity index (χ4n) is 4.64. The molecule has 0 radical (unpaired) electrons. The molecule has 0 aliphatic heterocycles. The van der Waals surface area contributed by atoms with Gasteiger partial charge in [-0.25, -0.2) is 0 Å². The summed E-state index contributed by atoms with van der Waals surface area (Å²) in [5.74, 6) is 0.569. The summed E-state index contributed by atoms with van der Waals surface area (Å²) in [6.45, 7) is 9.58. The SMILES string of the molecule is C=C(C)O/N=C(\CC)c1ccc2c(c1)c1cc(C(=O)c3ccccc3C)ccc1n2-c1ccccc1. The van der Waals surface area contributed by atoms with Gasteiger partial charge in [-0.2, -0.15) is 0 Å². The molecule has 0 bridgehead atoms. The molecule has 0 saturated heterocycles. The molecular formula is C32H28N2O2. The number of hydrogen-bond donors (Lipinski definition) is 0. The maximum absolute atomic E-state index is 13.4. The van der Waals surface area contributed by atoms with Crippen LogP contribution in [0.1, 0.15) is 47.3 Å². The van der Waals surface area contributed by atoms with Crippen molar-refractivity contribution in [2.75, 3.05) is 0 Å². The second-order valence-corrected chi connectivity index (χ2v) is 8.96. The van der Waals surface area contributed by atoms with E-state index in [1.165, 1.54) is 0 Å². The summed E-state index contributed by atoms with van der Waals surface area (Å²) in [4.78, 5) is 18.8. The van der Waals surface area contributed by atoms with Gasteiger partial charge in [0, 0.05) is 33.2 Å². The molecule has 1 aromatic heterocycles. The third-order valence-electron chi connectivity index (χ3n) is 6.41. The molecule has 4 nitrogen and oxygen atoms in total. The van der Waals surface area contributed by atoms with Crippen LogP contribution < -0.4 is 0 Å². The number of carbonyl (C=O) groups is 1. The minimum absolute atomic E-state index is 0.0254. The Kier molecular flexibility index (Phi) is 6.26. The van der Waals surface area contributed by atoms with Crippen molar-refractivity contribution in [1.82, 2.24) is 4.57 Å². The van der Waals surface area contributed by atoms with Crippen molar-refractivity contribution in [2.45, 2.75) is 27.2 Å². The molecule has 0 atom stereocenters. The van der Waals surface area contributed by atoms with Crippen LogP contribution in [0.25, 0.3) is 27.5 Å². The van der Waals surface area contributed by atoms with E-state index < -0.39 is 0 Å². The Morgan fingerprint density at radius 2 is 1.47 bits per heavy atom. The average molecular weight is 473 g/mol. The Hall–Kier alpha value is -4.44. The van der Waals surface area contributed by atoms with Crippen molar-refractivity contribution in [3.63, 3.8) is 0 Å². The van der Waals surface area contributed by atoms with E-state index in [1.807, 2.05) is 67.6 Å². The van der Waals surface area contributed by atoms with E-state index in [4.69, 9.17) is 4.84 Å². The third-order valence-corrected chi connectivity index (χ3v) is 6.41. The molecule has 4 aromatic carbocycles. The molecule has 0 unspecified atom stereocenters. The molecule has 0 fully saturated rings. The average Bonchev–Trinajstić information content (AvgIpc) is 3.22. The highest BCUT2D eigenvalue weighted by Gasteiger charge is 2.18. The van der Waals surface area contributed by atoms with E-state index in [0.29, 0.717) is 17.7 Å². The zero-order valence-corrected chi connectivity index (χ0v) is 20.8. The van der Waals surface area contributed by atoms with Gasteiger partial charge in [0.05, 0.1) is 16.7 Å². The van der Waals surface area contributed by atoms with E-state index in [1.54, 1.807) is 6.92 Å².